The lowest BCUT2D eigenvalue weighted by Crippen LogP contribution is -2.41. The van der Waals surface area contributed by atoms with Crippen LogP contribution in [0.15, 0.2) is 24.3 Å². The fraction of sp³-hybridized carbons (Fsp3) is 0.462. The van der Waals surface area contributed by atoms with E-state index < -0.39 is 0 Å². The van der Waals surface area contributed by atoms with Crippen molar-refractivity contribution in [2.24, 2.45) is 0 Å². The summed E-state index contributed by atoms with van der Waals surface area (Å²) in [5, 5.41) is 3.07. The van der Waals surface area contributed by atoms with E-state index in [1.807, 2.05) is 31.2 Å². The van der Waals surface area contributed by atoms with Crippen LogP contribution in [0.4, 0.5) is 0 Å². The largest absolute Gasteiger partial charge is 0.378 e. The Hall–Kier alpha value is -0.620. The third kappa shape index (κ3) is 3.67. The van der Waals surface area contributed by atoms with Crippen molar-refractivity contribution in [3.8, 4) is 0 Å². The second-order valence-electron chi connectivity index (χ2n) is 4.39. The highest BCUT2D eigenvalue weighted by Gasteiger charge is 2.21. The quantitative estimate of drug-likeness (QED) is 0.837. The summed E-state index contributed by atoms with van der Waals surface area (Å²) in [6.45, 7) is 2.78. The number of ether oxygens (including phenoxy) is 1. The Morgan fingerprint density at radius 3 is 3.06 bits per heavy atom. The number of benzene rings is 1. The highest BCUT2D eigenvalue weighted by atomic mass is 127. The van der Waals surface area contributed by atoms with Gasteiger partial charge in [-0.05, 0) is 60.6 Å². The second-order valence-corrected chi connectivity index (χ2v) is 5.63. The molecule has 2 rings (SSSR count). The monoisotopic (exact) mass is 345 g/mol. The molecular formula is C13H16INO2. The SMILES string of the molecule is CC1CC(NC(=O)c2cccc(I)c2)CCO1. The summed E-state index contributed by atoms with van der Waals surface area (Å²) in [7, 11) is 0. The Balaban J connectivity index is 1.97. The summed E-state index contributed by atoms with van der Waals surface area (Å²) in [6, 6.07) is 7.87. The van der Waals surface area contributed by atoms with Crippen molar-refractivity contribution in [3.05, 3.63) is 33.4 Å². The van der Waals surface area contributed by atoms with Crippen LogP contribution >= 0.6 is 22.6 Å². The van der Waals surface area contributed by atoms with Gasteiger partial charge in [0.25, 0.3) is 5.91 Å². The number of carbonyl (C=O) groups excluding carboxylic acids is 1. The van der Waals surface area contributed by atoms with E-state index >= 15 is 0 Å². The first-order valence-electron chi connectivity index (χ1n) is 5.83. The zero-order valence-corrected chi connectivity index (χ0v) is 11.9. The lowest BCUT2D eigenvalue weighted by molar-refractivity contribution is 0.0136. The van der Waals surface area contributed by atoms with Gasteiger partial charge in [0.1, 0.15) is 0 Å². The maximum Gasteiger partial charge on any atom is 0.251 e. The molecule has 1 aliphatic heterocycles. The zero-order chi connectivity index (χ0) is 12.3. The number of hydrogen-bond donors (Lipinski definition) is 1. The summed E-state index contributed by atoms with van der Waals surface area (Å²) < 4.78 is 6.54. The fourth-order valence-electron chi connectivity index (χ4n) is 2.03. The average Bonchev–Trinajstić information content (AvgIpc) is 2.29. The maximum absolute atomic E-state index is 12.0. The van der Waals surface area contributed by atoms with Crippen molar-refractivity contribution >= 4 is 28.5 Å². The highest BCUT2D eigenvalue weighted by Crippen LogP contribution is 2.14. The van der Waals surface area contributed by atoms with Crippen molar-refractivity contribution in [1.29, 1.82) is 0 Å². The molecule has 0 radical (unpaired) electrons. The number of hydrogen-bond acceptors (Lipinski definition) is 2. The Labute approximate surface area is 115 Å². The van der Waals surface area contributed by atoms with Crippen molar-refractivity contribution in [2.75, 3.05) is 6.61 Å². The van der Waals surface area contributed by atoms with Gasteiger partial charge in [0.2, 0.25) is 0 Å². The van der Waals surface area contributed by atoms with Gasteiger partial charge in [0, 0.05) is 21.8 Å². The summed E-state index contributed by atoms with van der Waals surface area (Å²) in [5.41, 5.74) is 0.732. The number of carbonyl (C=O) groups is 1. The third-order valence-electron chi connectivity index (χ3n) is 2.91. The smallest absolute Gasteiger partial charge is 0.251 e. The topological polar surface area (TPSA) is 38.3 Å². The van der Waals surface area contributed by atoms with Crippen LogP contribution in [0.25, 0.3) is 0 Å². The van der Waals surface area contributed by atoms with Crippen LogP contribution in [0, 0.1) is 3.57 Å². The van der Waals surface area contributed by atoms with Gasteiger partial charge in [0.15, 0.2) is 0 Å². The first-order chi connectivity index (χ1) is 8.15. The van der Waals surface area contributed by atoms with Gasteiger partial charge < -0.3 is 10.1 Å². The fourth-order valence-corrected chi connectivity index (χ4v) is 2.57. The maximum atomic E-state index is 12.0. The molecule has 1 aromatic rings. The van der Waals surface area contributed by atoms with E-state index in [9.17, 15) is 4.79 Å². The first kappa shape index (κ1) is 12.8. The molecule has 0 bridgehead atoms. The third-order valence-corrected chi connectivity index (χ3v) is 3.58. The van der Waals surface area contributed by atoms with E-state index in [0.29, 0.717) is 0 Å². The molecule has 1 heterocycles. The van der Waals surface area contributed by atoms with Crippen LogP contribution in [0.3, 0.4) is 0 Å². The van der Waals surface area contributed by atoms with Gasteiger partial charge in [-0.15, -0.1) is 0 Å². The minimum Gasteiger partial charge on any atom is -0.378 e. The Kier molecular flexibility index (Phi) is 4.39. The molecule has 1 amide bonds. The van der Waals surface area contributed by atoms with Gasteiger partial charge in [-0.25, -0.2) is 0 Å². The highest BCUT2D eigenvalue weighted by molar-refractivity contribution is 14.1. The van der Waals surface area contributed by atoms with Crippen LogP contribution in [-0.4, -0.2) is 24.7 Å². The number of halogens is 1. The van der Waals surface area contributed by atoms with Crippen molar-refractivity contribution < 1.29 is 9.53 Å². The molecule has 3 nitrogen and oxygen atoms in total. The average molecular weight is 345 g/mol. The molecule has 0 aliphatic carbocycles. The summed E-state index contributed by atoms with van der Waals surface area (Å²) in [6.07, 6.45) is 2.04. The lowest BCUT2D eigenvalue weighted by atomic mass is 10.0. The minimum atomic E-state index is 0.0163. The van der Waals surface area contributed by atoms with Crippen LogP contribution in [-0.2, 0) is 4.74 Å². The minimum absolute atomic E-state index is 0.0163. The van der Waals surface area contributed by atoms with Crippen molar-refractivity contribution in [3.63, 3.8) is 0 Å². The Morgan fingerprint density at radius 2 is 2.35 bits per heavy atom. The normalized spacial score (nSPS) is 24.4. The van der Waals surface area contributed by atoms with Gasteiger partial charge >= 0.3 is 0 Å². The number of rotatable bonds is 2. The van der Waals surface area contributed by atoms with Crippen molar-refractivity contribution in [2.45, 2.75) is 31.9 Å². The van der Waals surface area contributed by atoms with Crippen LogP contribution in [0.2, 0.25) is 0 Å². The second kappa shape index (κ2) is 5.82. The molecular weight excluding hydrogens is 329 g/mol. The van der Waals surface area contributed by atoms with E-state index in [1.165, 1.54) is 0 Å². The summed E-state index contributed by atoms with van der Waals surface area (Å²) in [4.78, 5) is 12.0. The lowest BCUT2D eigenvalue weighted by Gasteiger charge is -2.27. The van der Waals surface area contributed by atoms with Crippen LogP contribution in [0.5, 0.6) is 0 Å². The molecule has 92 valence electrons. The molecule has 0 saturated carbocycles. The molecule has 1 aromatic carbocycles. The van der Waals surface area contributed by atoms with Gasteiger partial charge in [-0.3, -0.25) is 4.79 Å². The molecule has 1 N–H and O–H groups in total. The van der Waals surface area contributed by atoms with Gasteiger partial charge in [-0.2, -0.15) is 0 Å². The predicted octanol–water partition coefficient (Wildman–Crippen LogP) is 2.59. The first-order valence-corrected chi connectivity index (χ1v) is 6.91. The molecule has 1 saturated heterocycles. The molecule has 4 heteroatoms. The van der Waals surface area contributed by atoms with E-state index in [2.05, 4.69) is 27.9 Å². The summed E-state index contributed by atoms with van der Waals surface area (Å²) >= 11 is 2.21. The Morgan fingerprint density at radius 1 is 1.53 bits per heavy atom. The van der Waals surface area contributed by atoms with Gasteiger partial charge in [0.05, 0.1) is 6.10 Å². The predicted molar refractivity (Wildman–Crippen MR) is 75.1 cm³/mol. The Bertz CT molecular complexity index is 408. The van der Waals surface area contributed by atoms with Crippen LogP contribution < -0.4 is 5.32 Å². The van der Waals surface area contributed by atoms with E-state index in [-0.39, 0.29) is 18.1 Å². The number of amides is 1. The van der Waals surface area contributed by atoms with E-state index in [0.717, 1.165) is 28.6 Å². The summed E-state index contributed by atoms with van der Waals surface area (Å²) in [5.74, 6) is 0.0163. The molecule has 0 aromatic heterocycles. The standard InChI is InChI=1S/C13H16INO2/c1-9-7-12(5-6-17-9)15-13(16)10-3-2-4-11(14)8-10/h2-4,8-9,12H,5-7H2,1H3,(H,15,16). The molecule has 1 fully saturated rings. The van der Waals surface area contributed by atoms with E-state index in [4.69, 9.17) is 4.74 Å². The van der Waals surface area contributed by atoms with Gasteiger partial charge in [-0.1, -0.05) is 6.07 Å². The molecule has 1 aliphatic rings. The van der Waals surface area contributed by atoms with Crippen LogP contribution in [0.1, 0.15) is 30.1 Å². The molecule has 17 heavy (non-hydrogen) atoms. The van der Waals surface area contributed by atoms with E-state index in [1.54, 1.807) is 0 Å². The molecule has 0 spiro atoms. The van der Waals surface area contributed by atoms with Crippen molar-refractivity contribution in [1.82, 2.24) is 5.32 Å². The number of nitrogens with one attached hydrogen (secondary N) is 1. The molecule has 2 unspecified atom stereocenters. The molecule has 2 atom stereocenters. The zero-order valence-electron chi connectivity index (χ0n) is 9.78.